The van der Waals surface area contributed by atoms with E-state index in [-0.39, 0.29) is 13.0 Å². The highest BCUT2D eigenvalue weighted by molar-refractivity contribution is 7.00. The van der Waals surface area contributed by atoms with E-state index in [0.29, 0.717) is 16.7 Å². The highest BCUT2D eigenvalue weighted by Gasteiger charge is 2.22. The molecule has 0 fully saturated rings. The van der Waals surface area contributed by atoms with Crippen molar-refractivity contribution in [2.45, 2.75) is 12.5 Å². The van der Waals surface area contributed by atoms with Crippen molar-refractivity contribution in [2.75, 3.05) is 11.9 Å². The number of nitrogens with zero attached hydrogens (tertiary/aromatic N) is 2. The van der Waals surface area contributed by atoms with Gasteiger partial charge in [-0.05, 0) is 23.8 Å². The summed E-state index contributed by atoms with van der Waals surface area (Å²) in [5.74, 6) is -1.65. The Balaban J connectivity index is 1.33. The van der Waals surface area contributed by atoms with E-state index in [1.54, 1.807) is 24.4 Å². The Hall–Kier alpha value is -3.99. The molecule has 31 heavy (non-hydrogen) atoms. The van der Waals surface area contributed by atoms with Crippen molar-refractivity contribution >= 4 is 57.3 Å². The van der Waals surface area contributed by atoms with E-state index in [4.69, 9.17) is 0 Å². The predicted molar refractivity (Wildman–Crippen MR) is 116 cm³/mol. The third-order valence-corrected chi connectivity index (χ3v) is 5.21. The average Bonchev–Trinajstić information content (AvgIpc) is 3.40. The topological polar surface area (TPSA) is 149 Å². The summed E-state index contributed by atoms with van der Waals surface area (Å²) in [5.41, 5.74) is 3.37. The van der Waals surface area contributed by atoms with Crippen molar-refractivity contribution in [2.24, 2.45) is 0 Å². The molecule has 0 aliphatic rings. The van der Waals surface area contributed by atoms with Crippen LogP contribution in [0.5, 0.6) is 0 Å². The smallest absolute Gasteiger partial charge is 0.326 e. The number of carboxylic acid groups (broad SMARTS) is 1. The number of carbonyl (C=O) groups is 3. The van der Waals surface area contributed by atoms with Crippen molar-refractivity contribution < 1.29 is 19.5 Å². The molecule has 0 saturated carbocycles. The van der Waals surface area contributed by atoms with E-state index in [2.05, 4.69) is 29.7 Å². The zero-order chi connectivity index (χ0) is 21.8. The van der Waals surface area contributed by atoms with Gasteiger partial charge in [0.1, 0.15) is 17.1 Å². The van der Waals surface area contributed by atoms with Gasteiger partial charge in [0.15, 0.2) is 0 Å². The van der Waals surface area contributed by atoms with Crippen LogP contribution in [-0.2, 0) is 16.0 Å². The number of benzene rings is 2. The molecule has 3 amide bonds. The number of anilines is 1. The van der Waals surface area contributed by atoms with Crippen LogP contribution in [0.25, 0.3) is 21.9 Å². The standard InChI is InChI=1S/C20H18N6O4S/c27-17(23-14-6-3-7-15-18(14)26-31-25-15)10-22-20(30)24-16(19(28)29)8-11-9-21-13-5-2-1-4-12(11)13/h1-7,9,16,21H,8,10H2,(H,23,27)(H,28,29)(H2,22,24,30). The van der Waals surface area contributed by atoms with Crippen molar-refractivity contribution in [3.05, 3.63) is 54.2 Å². The first-order valence-corrected chi connectivity index (χ1v) is 10.1. The lowest BCUT2D eigenvalue weighted by Crippen LogP contribution is -2.48. The van der Waals surface area contributed by atoms with Crippen molar-refractivity contribution in [1.82, 2.24) is 24.4 Å². The van der Waals surface area contributed by atoms with E-state index >= 15 is 0 Å². The minimum absolute atomic E-state index is 0.0950. The van der Waals surface area contributed by atoms with Crippen LogP contribution < -0.4 is 16.0 Å². The Bertz CT molecular complexity index is 1270. The van der Waals surface area contributed by atoms with Gasteiger partial charge >= 0.3 is 12.0 Å². The lowest BCUT2D eigenvalue weighted by molar-refractivity contribution is -0.139. The van der Waals surface area contributed by atoms with Crippen LogP contribution in [0.1, 0.15) is 5.56 Å². The Labute approximate surface area is 180 Å². The normalized spacial score (nSPS) is 11.9. The zero-order valence-electron chi connectivity index (χ0n) is 16.1. The molecule has 4 aromatic rings. The van der Waals surface area contributed by atoms with Crippen LogP contribution >= 0.6 is 11.7 Å². The van der Waals surface area contributed by atoms with Crippen LogP contribution in [0.15, 0.2) is 48.7 Å². The first-order chi connectivity index (χ1) is 15.0. The molecule has 1 unspecified atom stereocenters. The van der Waals surface area contributed by atoms with E-state index < -0.39 is 23.9 Å². The zero-order valence-corrected chi connectivity index (χ0v) is 16.9. The highest BCUT2D eigenvalue weighted by Crippen LogP contribution is 2.21. The van der Waals surface area contributed by atoms with Gasteiger partial charge in [-0.3, -0.25) is 4.79 Å². The summed E-state index contributed by atoms with van der Waals surface area (Å²) in [4.78, 5) is 39.1. The summed E-state index contributed by atoms with van der Waals surface area (Å²) in [7, 11) is 0. The summed E-state index contributed by atoms with van der Waals surface area (Å²) in [6.07, 6.45) is 1.82. The average molecular weight is 438 g/mol. The van der Waals surface area contributed by atoms with Gasteiger partial charge in [-0.2, -0.15) is 8.75 Å². The number of H-pyrrole nitrogens is 1. The van der Waals surface area contributed by atoms with Gasteiger partial charge in [0.25, 0.3) is 0 Å². The fourth-order valence-corrected chi connectivity index (χ4v) is 3.74. The number of fused-ring (bicyclic) bond motifs is 2. The third kappa shape index (κ3) is 4.61. The lowest BCUT2D eigenvalue weighted by atomic mass is 10.1. The molecular formula is C20H18N6O4S. The molecule has 1 atom stereocenters. The fraction of sp³-hybridized carbons (Fsp3) is 0.150. The van der Waals surface area contributed by atoms with Gasteiger partial charge in [-0.15, -0.1) is 0 Å². The van der Waals surface area contributed by atoms with Gasteiger partial charge in [-0.1, -0.05) is 24.3 Å². The number of nitrogens with one attached hydrogen (secondary N) is 4. The highest BCUT2D eigenvalue weighted by atomic mass is 32.1. The molecular weight excluding hydrogens is 420 g/mol. The maximum atomic E-state index is 12.2. The Morgan fingerprint density at radius 3 is 2.77 bits per heavy atom. The van der Waals surface area contributed by atoms with E-state index in [1.165, 1.54) is 0 Å². The van der Waals surface area contributed by atoms with Gasteiger partial charge in [0.05, 0.1) is 24.0 Å². The second-order valence-corrected chi connectivity index (χ2v) is 7.30. The Morgan fingerprint density at radius 1 is 1.10 bits per heavy atom. The number of aromatic amines is 1. The molecule has 10 nitrogen and oxygen atoms in total. The lowest BCUT2D eigenvalue weighted by Gasteiger charge is -2.15. The SMILES string of the molecule is O=C(CNC(=O)NC(Cc1c[nH]c2ccccc12)C(=O)O)Nc1cccc2nsnc12. The molecule has 0 spiro atoms. The second kappa shape index (κ2) is 8.79. The largest absolute Gasteiger partial charge is 0.480 e. The van der Waals surface area contributed by atoms with E-state index in [0.717, 1.165) is 28.2 Å². The van der Waals surface area contributed by atoms with Crippen LogP contribution in [0.2, 0.25) is 0 Å². The molecule has 2 heterocycles. The number of hydrogen-bond acceptors (Lipinski definition) is 6. The minimum Gasteiger partial charge on any atom is -0.480 e. The number of carboxylic acids is 1. The molecule has 0 radical (unpaired) electrons. The first-order valence-electron chi connectivity index (χ1n) is 9.34. The van der Waals surface area contributed by atoms with Gasteiger partial charge < -0.3 is 26.0 Å². The molecule has 0 aliphatic heterocycles. The van der Waals surface area contributed by atoms with Crippen LogP contribution in [0.3, 0.4) is 0 Å². The fourth-order valence-electron chi connectivity index (χ4n) is 3.19. The summed E-state index contributed by atoms with van der Waals surface area (Å²) in [6.45, 7) is -0.334. The van der Waals surface area contributed by atoms with Crippen molar-refractivity contribution in [3.8, 4) is 0 Å². The third-order valence-electron chi connectivity index (χ3n) is 4.67. The molecule has 0 bridgehead atoms. The van der Waals surface area contributed by atoms with Crippen LogP contribution in [0.4, 0.5) is 10.5 Å². The molecule has 2 aromatic carbocycles. The quantitative estimate of drug-likeness (QED) is 0.298. The number of aliphatic carboxylic acids is 1. The maximum absolute atomic E-state index is 12.2. The van der Waals surface area contributed by atoms with Gasteiger partial charge in [0.2, 0.25) is 5.91 Å². The van der Waals surface area contributed by atoms with Crippen molar-refractivity contribution in [3.63, 3.8) is 0 Å². The van der Waals surface area contributed by atoms with Gasteiger partial charge in [-0.25, -0.2) is 9.59 Å². The first kappa shape index (κ1) is 20.3. The molecule has 5 N–H and O–H groups in total. The van der Waals surface area contributed by atoms with E-state index in [1.807, 2.05) is 24.3 Å². The molecule has 0 aliphatic carbocycles. The summed E-state index contributed by atoms with van der Waals surface area (Å²) < 4.78 is 8.23. The molecule has 0 saturated heterocycles. The summed E-state index contributed by atoms with van der Waals surface area (Å²) >= 11 is 1.03. The number of urea groups is 1. The number of hydrogen-bond donors (Lipinski definition) is 5. The van der Waals surface area contributed by atoms with Crippen LogP contribution in [0, 0.1) is 0 Å². The Morgan fingerprint density at radius 2 is 1.94 bits per heavy atom. The summed E-state index contributed by atoms with van der Waals surface area (Å²) in [6, 6.07) is 10.8. The molecule has 4 rings (SSSR count). The number of aromatic nitrogens is 3. The number of amides is 3. The monoisotopic (exact) mass is 438 g/mol. The number of para-hydroxylation sites is 1. The minimum atomic E-state index is -1.17. The van der Waals surface area contributed by atoms with E-state index in [9.17, 15) is 19.5 Å². The molecule has 11 heteroatoms. The number of rotatable bonds is 7. The summed E-state index contributed by atoms with van der Waals surface area (Å²) in [5, 5.41) is 17.8. The number of carbonyl (C=O) groups excluding carboxylic acids is 2. The molecule has 158 valence electrons. The van der Waals surface area contributed by atoms with Crippen molar-refractivity contribution in [1.29, 1.82) is 0 Å². The molecule has 2 aromatic heterocycles. The predicted octanol–water partition coefficient (Wildman–Crippen LogP) is 2.11. The Kier molecular flexibility index (Phi) is 5.76. The van der Waals surface area contributed by atoms with Gasteiger partial charge in [0, 0.05) is 23.5 Å². The van der Waals surface area contributed by atoms with Crippen LogP contribution in [-0.4, -0.2) is 49.3 Å². The second-order valence-electron chi connectivity index (χ2n) is 6.77. The maximum Gasteiger partial charge on any atom is 0.326 e.